The van der Waals surface area contributed by atoms with Gasteiger partial charge in [0.15, 0.2) is 0 Å². The van der Waals surface area contributed by atoms with Crippen LogP contribution in [0.1, 0.15) is 54.8 Å². The predicted octanol–water partition coefficient (Wildman–Crippen LogP) is 2.34. The largest absolute Gasteiger partial charge is 0.507 e. The third-order valence-corrected chi connectivity index (χ3v) is 3.74. The Kier molecular flexibility index (Phi) is 5.84. The molecule has 0 fully saturated rings. The molecule has 2 atom stereocenters. The minimum absolute atomic E-state index is 0. The number of esters is 1. The summed E-state index contributed by atoms with van der Waals surface area (Å²) in [5, 5.41) is 23.9. The lowest BCUT2D eigenvalue weighted by atomic mass is 9.82. The summed E-state index contributed by atoms with van der Waals surface area (Å²) in [5.74, 6) is -0.672. The van der Waals surface area contributed by atoms with Gasteiger partial charge in [0.05, 0.1) is 13.2 Å². The monoisotopic (exact) mass is 329 g/mol. The third-order valence-electron chi connectivity index (χ3n) is 3.74. The van der Waals surface area contributed by atoms with Crippen LogP contribution in [0.2, 0.25) is 0 Å². The third kappa shape index (κ3) is 3.72. The Morgan fingerprint density at radius 3 is 2.55 bits per heavy atom. The van der Waals surface area contributed by atoms with Crippen LogP contribution in [0.4, 0.5) is 0 Å². The van der Waals surface area contributed by atoms with E-state index < -0.39 is 12.1 Å². The summed E-state index contributed by atoms with van der Waals surface area (Å²) >= 11 is 0. The molecule has 0 radical (unpaired) electrons. The van der Waals surface area contributed by atoms with E-state index in [9.17, 15) is 15.0 Å². The summed E-state index contributed by atoms with van der Waals surface area (Å²) in [6.45, 7) is 6.14. The molecule has 1 aliphatic carbocycles. The van der Waals surface area contributed by atoms with Gasteiger partial charge in [-0.05, 0) is 50.8 Å². The molecule has 0 saturated heterocycles. The van der Waals surface area contributed by atoms with Gasteiger partial charge in [0.25, 0.3) is 0 Å². The molecule has 5 nitrogen and oxygen atoms in total. The van der Waals surface area contributed by atoms with Crippen LogP contribution < -0.4 is 5.32 Å². The number of aromatic hydroxyl groups is 1. The Hall–Kier alpha value is -1.30. The highest BCUT2D eigenvalue weighted by atomic mass is 35.5. The molecule has 1 aromatic carbocycles. The number of fused-ring (bicyclic) bond motifs is 1. The second-order valence-electron chi connectivity index (χ2n) is 6.50. The van der Waals surface area contributed by atoms with Gasteiger partial charge in [-0.15, -0.1) is 12.4 Å². The van der Waals surface area contributed by atoms with Crippen LogP contribution in [0.25, 0.3) is 0 Å². The van der Waals surface area contributed by atoms with Crippen molar-refractivity contribution in [1.82, 2.24) is 5.32 Å². The molecule has 1 aromatic rings. The van der Waals surface area contributed by atoms with Gasteiger partial charge in [-0.25, -0.2) is 4.79 Å². The Balaban J connectivity index is 0.00000242. The van der Waals surface area contributed by atoms with Crippen molar-refractivity contribution in [3.63, 3.8) is 0 Å². The van der Waals surface area contributed by atoms with E-state index in [2.05, 4.69) is 5.32 Å². The molecule has 2 unspecified atom stereocenters. The summed E-state index contributed by atoms with van der Waals surface area (Å²) < 4.78 is 4.73. The first-order valence-corrected chi connectivity index (χ1v) is 7.13. The van der Waals surface area contributed by atoms with Gasteiger partial charge in [-0.1, -0.05) is 6.07 Å². The number of halogens is 1. The van der Waals surface area contributed by atoms with Crippen molar-refractivity contribution in [3.05, 3.63) is 28.8 Å². The standard InChI is InChI=1S/C16H23NO4.ClH/c1-16(2,3)17-11-7-5-9-10(14(11)19)6-8-12(18)13(9)15(20)21-4;/h6,8,11,14,17-19H,5,7H2,1-4H3;1H. The van der Waals surface area contributed by atoms with E-state index in [1.165, 1.54) is 13.2 Å². The summed E-state index contributed by atoms with van der Waals surface area (Å²) in [6.07, 6.45) is 0.592. The van der Waals surface area contributed by atoms with Crippen molar-refractivity contribution < 1.29 is 19.7 Å². The second kappa shape index (κ2) is 6.86. The van der Waals surface area contributed by atoms with Crippen LogP contribution in [-0.4, -0.2) is 34.9 Å². The predicted molar refractivity (Wildman–Crippen MR) is 86.7 cm³/mol. The van der Waals surface area contributed by atoms with E-state index in [0.29, 0.717) is 24.0 Å². The van der Waals surface area contributed by atoms with Gasteiger partial charge in [0, 0.05) is 11.6 Å². The zero-order valence-electron chi connectivity index (χ0n) is 13.3. The molecule has 0 saturated carbocycles. The van der Waals surface area contributed by atoms with Gasteiger partial charge in [0.2, 0.25) is 0 Å². The molecular weight excluding hydrogens is 306 g/mol. The van der Waals surface area contributed by atoms with Crippen molar-refractivity contribution in [1.29, 1.82) is 0 Å². The van der Waals surface area contributed by atoms with Crippen molar-refractivity contribution in [3.8, 4) is 5.75 Å². The van der Waals surface area contributed by atoms with E-state index in [1.807, 2.05) is 20.8 Å². The second-order valence-corrected chi connectivity index (χ2v) is 6.50. The quantitative estimate of drug-likeness (QED) is 0.726. The van der Waals surface area contributed by atoms with E-state index >= 15 is 0 Å². The molecule has 6 heteroatoms. The average Bonchev–Trinajstić information content (AvgIpc) is 2.39. The van der Waals surface area contributed by atoms with Gasteiger partial charge in [-0.3, -0.25) is 0 Å². The number of hydrogen-bond donors (Lipinski definition) is 3. The number of aliphatic hydroxyl groups is 1. The van der Waals surface area contributed by atoms with Crippen molar-refractivity contribution in [2.24, 2.45) is 0 Å². The summed E-state index contributed by atoms with van der Waals surface area (Å²) in [7, 11) is 1.28. The minimum atomic E-state index is -0.711. The average molecular weight is 330 g/mol. The van der Waals surface area contributed by atoms with E-state index in [4.69, 9.17) is 4.74 Å². The van der Waals surface area contributed by atoms with Crippen LogP contribution in [0.3, 0.4) is 0 Å². The van der Waals surface area contributed by atoms with Crippen LogP contribution in [0.5, 0.6) is 5.75 Å². The number of methoxy groups -OCH3 is 1. The van der Waals surface area contributed by atoms with E-state index in [1.54, 1.807) is 6.07 Å². The molecule has 0 amide bonds. The zero-order valence-corrected chi connectivity index (χ0v) is 14.2. The van der Waals surface area contributed by atoms with Gasteiger partial charge >= 0.3 is 5.97 Å². The Morgan fingerprint density at radius 2 is 2.00 bits per heavy atom. The molecule has 124 valence electrons. The van der Waals surface area contributed by atoms with Crippen LogP contribution in [0.15, 0.2) is 12.1 Å². The summed E-state index contributed by atoms with van der Waals surface area (Å²) in [6, 6.07) is 3.04. The van der Waals surface area contributed by atoms with Crippen LogP contribution in [0, 0.1) is 0 Å². The molecule has 22 heavy (non-hydrogen) atoms. The Bertz CT molecular complexity index is 554. The highest BCUT2D eigenvalue weighted by Gasteiger charge is 2.33. The van der Waals surface area contributed by atoms with E-state index in [-0.39, 0.29) is 35.3 Å². The van der Waals surface area contributed by atoms with Crippen molar-refractivity contribution >= 4 is 18.4 Å². The SMILES string of the molecule is COC(=O)c1c(O)ccc2c1CCC(NC(C)(C)C)C2O.Cl. The maximum absolute atomic E-state index is 11.8. The van der Waals surface area contributed by atoms with Crippen LogP contribution in [-0.2, 0) is 11.2 Å². The number of phenolic OH excluding ortho intramolecular Hbond substituents is 1. The maximum Gasteiger partial charge on any atom is 0.341 e. The Morgan fingerprint density at radius 1 is 1.36 bits per heavy atom. The number of aliphatic hydroxyl groups excluding tert-OH is 1. The number of carbonyl (C=O) groups excluding carboxylic acids is 1. The number of nitrogens with one attached hydrogen (secondary N) is 1. The lowest BCUT2D eigenvalue weighted by Gasteiger charge is -2.36. The van der Waals surface area contributed by atoms with Gasteiger partial charge < -0.3 is 20.3 Å². The molecule has 0 spiro atoms. The lowest BCUT2D eigenvalue weighted by Crippen LogP contribution is -2.48. The molecule has 3 N–H and O–H groups in total. The fraction of sp³-hybridized carbons (Fsp3) is 0.562. The fourth-order valence-electron chi connectivity index (χ4n) is 2.91. The molecule has 0 heterocycles. The molecule has 2 rings (SSSR count). The summed E-state index contributed by atoms with van der Waals surface area (Å²) in [5.41, 5.74) is 1.43. The highest BCUT2D eigenvalue weighted by molar-refractivity contribution is 5.94. The first-order chi connectivity index (χ1) is 9.74. The molecule has 0 aliphatic heterocycles. The number of benzene rings is 1. The van der Waals surface area contributed by atoms with Gasteiger partial charge in [0.1, 0.15) is 11.3 Å². The first-order valence-electron chi connectivity index (χ1n) is 7.13. The van der Waals surface area contributed by atoms with Gasteiger partial charge in [-0.2, -0.15) is 0 Å². The van der Waals surface area contributed by atoms with Crippen molar-refractivity contribution in [2.45, 2.75) is 51.3 Å². The van der Waals surface area contributed by atoms with E-state index in [0.717, 1.165) is 0 Å². The van der Waals surface area contributed by atoms with Crippen LogP contribution >= 0.6 is 12.4 Å². The fourth-order valence-corrected chi connectivity index (χ4v) is 2.91. The topological polar surface area (TPSA) is 78.8 Å². The number of phenols is 1. The number of carbonyl (C=O) groups is 1. The molecular formula is C16H24ClNO4. The van der Waals surface area contributed by atoms with Crippen molar-refractivity contribution in [2.75, 3.05) is 7.11 Å². The Labute approximate surface area is 137 Å². The smallest absolute Gasteiger partial charge is 0.341 e. The first kappa shape index (κ1) is 18.7. The lowest BCUT2D eigenvalue weighted by molar-refractivity contribution is 0.0592. The molecule has 1 aliphatic rings. The zero-order chi connectivity index (χ0) is 15.8. The highest BCUT2D eigenvalue weighted by Crippen LogP contribution is 2.36. The normalized spacial score (nSPS) is 20.8. The number of ether oxygens (including phenoxy) is 1. The number of rotatable bonds is 2. The minimum Gasteiger partial charge on any atom is -0.507 e. The number of hydrogen-bond acceptors (Lipinski definition) is 5. The summed E-state index contributed by atoms with van der Waals surface area (Å²) in [4.78, 5) is 11.8. The molecule has 0 aromatic heterocycles. The molecule has 0 bridgehead atoms. The maximum atomic E-state index is 11.8.